The van der Waals surface area contributed by atoms with Crippen molar-refractivity contribution in [3.8, 4) is 22.4 Å². The van der Waals surface area contributed by atoms with Gasteiger partial charge in [0.25, 0.3) is 0 Å². The van der Waals surface area contributed by atoms with Gasteiger partial charge in [0.05, 0.1) is 27.6 Å². The molecule has 0 unspecified atom stereocenters. The zero-order chi connectivity index (χ0) is 20.7. The summed E-state index contributed by atoms with van der Waals surface area (Å²) in [5, 5.41) is 6.93. The minimum atomic E-state index is 0.0182. The summed E-state index contributed by atoms with van der Waals surface area (Å²) in [4.78, 5) is 13.6. The van der Waals surface area contributed by atoms with Crippen molar-refractivity contribution in [1.82, 2.24) is 25.1 Å². The lowest BCUT2D eigenvalue weighted by Crippen LogP contribution is -2.09. The Labute approximate surface area is 177 Å². The first-order valence-corrected chi connectivity index (χ1v) is 10.5. The molecule has 3 heterocycles. The van der Waals surface area contributed by atoms with Crippen molar-refractivity contribution in [2.24, 2.45) is 0 Å². The Bertz CT molecular complexity index is 1340. The summed E-state index contributed by atoms with van der Waals surface area (Å²) in [7, 11) is 0. The lowest BCUT2D eigenvalue weighted by Gasteiger charge is -2.19. The van der Waals surface area contributed by atoms with E-state index in [1.165, 1.54) is 0 Å². The topological polar surface area (TPSA) is 93.4 Å². The fraction of sp³-hybridized carbons (Fsp3) is 0.130. The number of benzene rings is 2. The number of thiazole rings is 1. The normalized spacial score (nSPS) is 12.3. The molecule has 5 rings (SSSR count). The van der Waals surface area contributed by atoms with Crippen molar-refractivity contribution in [1.29, 1.82) is 0 Å². The highest BCUT2D eigenvalue weighted by Gasteiger charge is 2.21. The minimum Gasteiger partial charge on any atom is -0.383 e. The van der Waals surface area contributed by atoms with Crippen LogP contribution in [0.5, 0.6) is 0 Å². The number of fused-ring (bicyclic) bond motifs is 1. The fourth-order valence-corrected chi connectivity index (χ4v) is 4.53. The lowest BCUT2D eigenvalue weighted by atomic mass is 9.88. The minimum absolute atomic E-state index is 0.0182. The van der Waals surface area contributed by atoms with Crippen LogP contribution < -0.4 is 5.73 Å². The fourth-order valence-electron chi connectivity index (χ4n) is 3.82. The summed E-state index contributed by atoms with van der Waals surface area (Å²) >= 11 is 1.62. The van der Waals surface area contributed by atoms with Gasteiger partial charge in [-0.15, -0.1) is 11.3 Å². The SMILES string of the molecule is Cc1nc(N)c([C@@H](C)c2cccc(-c3cn[nH]c3)c2)c(-c2ccc3ncsc3c2)n1. The number of H-pyrrole nitrogens is 1. The Morgan fingerprint density at radius 2 is 1.93 bits per heavy atom. The highest BCUT2D eigenvalue weighted by Crippen LogP contribution is 2.37. The number of aryl methyl sites for hydroxylation is 1. The number of aromatic amines is 1. The highest BCUT2D eigenvalue weighted by molar-refractivity contribution is 7.16. The average Bonchev–Trinajstić information content (AvgIpc) is 3.44. The summed E-state index contributed by atoms with van der Waals surface area (Å²) in [5.41, 5.74) is 15.4. The maximum absolute atomic E-state index is 6.45. The molecule has 148 valence electrons. The van der Waals surface area contributed by atoms with Crippen molar-refractivity contribution in [2.75, 3.05) is 5.73 Å². The van der Waals surface area contributed by atoms with Crippen LogP contribution in [0.25, 0.3) is 32.6 Å². The van der Waals surface area contributed by atoms with Crippen molar-refractivity contribution in [2.45, 2.75) is 19.8 Å². The standard InChI is InChI=1S/C23H20N6S/c1-13(15-4-3-5-16(8-15)18-10-26-27-11-18)21-22(28-14(2)29-23(21)24)17-6-7-19-20(9-17)30-12-25-19/h3-13H,1-2H3,(H,26,27)(H2,24,28,29)/t13-/m0/s1. The van der Waals surface area contributed by atoms with Crippen LogP contribution in [0.4, 0.5) is 5.82 Å². The number of aromatic nitrogens is 5. The lowest BCUT2D eigenvalue weighted by molar-refractivity contribution is 0.894. The quantitative estimate of drug-likeness (QED) is 0.424. The van der Waals surface area contributed by atoms with Gasteiger partial charge in [0.2, 0.25) is 0 Å². The number of hydrogen-bond acceptors (Lipinski definition) is 6. The summed E-state index contributed by atoms with van der Waals surface area (Å²) < 4.78 is 1.13. The van der Waals surface area contributed by atoms with Gasteiger partial charge in [-0.25, -0.2) is 15.0 Å². The molecule has 3 N–H and O–H groups in total. The first-order chi connectivity index (χ1) is 14.6. The van der Waals surface area contributed by atoms with Gasteiger partial charge >= 0.3 is 0 Å². The van der Waals surface area contributed by atoms with Gasteiger partial charge in [-0.3, -0.25) is 5.10 Å². The molecule has 5 aromatic rings. The predicted octanol–water partition coefficient (Wildman–Crippen LogP) is 5.19. The van der Waals surface area contributed by atoms with Gasteiger partial charge in [-0.1, -0.05) is 37.3 Å². The zero-order valence-electron chi connectivity index (χ0n) is 16.6. The maximum atomic E-state index is 6.45. The second-order valence-corrected chi connectivity index (χ2v) is 8.17. The number of nitrogens with one attached hydrogen (secondary N) is 1. The van der Waals surface area contributed by atoms with Gasteiger partial charge in [-0.05, 0) is 30.2 Å². The Hall–Kier alpha value is -3.58. The van der Waals surface area contributed by atoms with Crippen molar-refractivity contribution in [3.05, 3.63) is 77.3 Å². The zero-order valence-corrected chi connectivity index (χ0v) is 17.4. The summed E-state index contributed by atoms with van der Waals surface area (Å²) in [6.45, 7) is 4.02. The van der Waals surface area contributed by atoms with Crippen molar-refractivity contribution >= 4 is 27.4 Å². The average molecular weight is 413 g/mol. The second-order valence-electron chi connectivity index (χ2n) is 7.29. The molecule has 30 heavy (non-hydrogen) atoms. The summed E-state index contributed by atoms with van der Waals surface area (Å²) in [6.07, 6.45) is 3.71. The number of nitrogens with two attached hydrogens (primary N) is 1. The Morgan fingerprint density at radius 1 is 1.03 bits per heavy atom. The molecule has 0 saturated carbocycles. The number of rotatable bonds is 4. The van der Waals surface area contributed by atoms with E-state index >= 15 is 0 Å². The van der Waals surface area contributed by atoms with E-state index in [4.69, 9.17) is 10.7 Å². The Balaban J connectivity index is 1.64. The van der Waals surface area contributed by atoms with Gasteiger partial charge in [-0.2, -0.15) is 5.10 Å². The molecule has 6 nitrogen and oxygen atoms in total. The first-order valence-electron chi connectivity index (χ1n) is 9.67. The van der Waals surface area contributed by atoms with Crippen molar-refractivity contribution < 1.29 is 0 Å². The van der Waals surface area contributed by atoms with E-state index in [2.05, 4.69) is 63.5 Å². The number of anilines is 1. The van der Waals surface area contributed by atoms with Crippen LogP contribution in [-0.2, 0) is 0 Å². The molecule has 0 aliphatic rings. The molecule has 7 heteroatoms. The highest BCUT2D eigenvalue weighted by atomic mass is 32.1. The molecular formula is C23H20N6S. The third-order valence-corrected chi connectivity index (χ3v) is 6.13. The molecular weight excluding hydrogens is 392 g/mol. The molecule has 0 amide bonds. The van der Waals surface area contributed by atoms with Gasteiger partial charge in [0, 0.05) is 28.8 Å². The third-order valence-electron chi connectivity index (χ3n) is 5.34. The van der Waals surface area contributed by atoms with Gasteiger partial charge in [0.1, 0.15) is 11.6 Å². The largest absolute Gasteiger partial charge is 0.383 e. The molecule has 0 fully saturated rings. The maximum Gasteiger partial charge on any atom is 0.131 e. The van der Waals surface area contributed by atoms with E-state index in [0.29, 0.717) is 11.6 Å². The van der Waals surface area contributed by atoms with Crippen LogP contribution in [0.3, 0.4) is 0 Å². The molecule has 0 radical (unpaired) electrons. The van der Waals surface area contributed by atoms with Crippen LogP contribution in [0.2, 0.25) is 0 Å². The molecule has 0 aliphatic heterocycles. The van der Waals surface area contributed by atoms with Crippen LogP contribution >= 0.6 is 11.3 Å². The molecule has 0 aliphatic carbocycles. The smallest absolute Gasteiger partial charge is 0.131 e. The molecule has 2 aromatic carbocycles. The predicted molar refractivity (Wildman–Crippen MR) is 121 cm³/mol. The van der Waals surface area contributed by atoms with Gasteiger partial charge < -0.3 is 5.73 Å². The Morgan fingerprint density at radius 3 is 2.77 bits per heavy atom. The molecule has 1 atom stereocenters. The molecule has 0 saturated heterocycles. The first kappa shape index (κ1) is 18.4. The molecule has 3 aromatic heterocycles. The van der Waals surface area contributed by atoms with Crippen LogP contribution in [-0.4, -0.2) is 25.1 Å². The van der Waals surface area contributed by atoms with Crippen molar-refractivity contribution in [3.63, 3.8) is 0 Å². The van der Waals surface area contributed by atoms with E-state index in [0.717, 1.165) is 43.7 Å². The number of nitrogens with zero attached hydrogens (tertiary/aromatic N) is 4. The van der Waals surface area contributed by atoms with Crippen LogP contribution in [0, 0.1) is 6.92 Å². The monoisotopic (exact) mass is 412 g/mol. The summed E-state index contributed by atoms with van der Waals surface area (Å²) in [6, 6.07) is 14.6. The van der Waals surface area contributed by atoms with E-state index in [1.807, 2.05) is 30.9 Å². The van der Waals surface area contributed by atoms with E-state index < -0.39 is 0 Å². The van der Waals surface area contributed by atoms with E-state index in [9.17, 15) is 0 Å². The van der Waals surface area contributed by atoms with E-state index in [-0.39, 0.29) is 5.92 Å². The summed E-state index contributed by atoms with van der Waals surface area (Å²) in [5.74, 6) is 1.20. The molecule has 0 bridgehead atoms. The van der Waals surface area contributed by atoms with Crippen LogP contribution in [0.15, 0.2) is 60.4 Å². The third kappa shape index (κ3) is 3.23. The Kier molecular flexibility index (Phi) is 4.52. The number of hydrogen-bond donors (Lipinski definition) is 2. The second kappa shape index (κ2) is 7.35. The van der Waals surface area contributed by atoms with E-state index in [1.54, 1.807) is 11.3 Å². The van der Waals surface area contributed by atoms with Crippen LogP contribution in [0.1, 0.15) is 29.8 Å². The van der Waals surface area contributed by atoms with Gasteiger partial charge in [0.15, 0.2) is 0 Å². The number of nitrogen functional groups attached to an aromatic ring is 1. The molecule has 0 spiro atoms.